The van der Waals surface area contributed by atoms with Gasteiger partial charge in [-0.2, -0.15) is 0 Å². The Kier molecular flexibility index (Phi) is 3.56. The summed E-state index contributed by atoms with van der Waals surface area (Å²) >= 11 is 0. The number of aromatic nitrogens is 1. The second-order valence-electron chi connectivity index (χ2n) is 4.89. The van der Waals surface area contributed by atoms with E-state index in [4.69, 9.17) is 0 Å². The maximum atomic E-state index is 13.3. The van der Waals surface area contributed by atoms with Crippen LogP contribution in [0.5, 0.6) is 0 Å². The third-order valence-electron chi connectivity index (χ3n) is 3.65. The van der Waals surface area contributed by atoms with E-state index in [9.17, 15) is 9.18 Å². The van der Waals surface area contributed by atoms with E-state index in [0.29, 0.717) is 12.1 Å². The van der Waals surface area contributed by atoms with Gasteiger partial charge < -0.3 is 9.80 Å². The number of likely N-dealkylation sites (N-methyl/N-ethyl adjacent to an activating group) is 1. The molecule has 0 unspecified atom stereocenters. The largest absolute Gasteiger partial charge is 0.353 e. The minimum atomic E-state index is -0.403. The molecule has 21 heavy (non-hydrogen) atoms. The van der Waals surface area contributed by atoms with Crippen LogP contribution in [-0.4, -0.2) is 30.5 Å². The summed E-state index contributed by atoms with van der Waals surface area (Å²) in [5.41, 5.74) is 1.13. The summed E-state index contributed by atoms with van der Waals surface area (Å²) in [7, 11) is 0. The van der Waals surface area contributed by atoms with Crippen molar-refractivity contribution in [2.75, 3.05) is 29.4 Å². The van der Waals surface area contributed by atoms with Gasteiger partial charge in [-0.1, -0.05) is 6.07 Å². The first-order chi connectivity index (χ1) is 10.2. The average Bonchev–Trinajstić information content (AvgIpc) is 2.53. The van der Waals surface area contributed by atoms with Crippen LogP contribution in [0.2, 0.25) is 0 Å². The molecule has 3 rings (SSSR count). The maximum Gasteiger partial charge on any atom is 0.258 e. The van der Waals surface area contributed by atoms with Crippen molar-refractivity contribution in [2.45, 2.75) is 6.92 Å². The van der Waals surface area contributed by atoms with E-state index in [1.54, 1.807) is 23.2 Å². The van der Waals surface area contributed by atoms with E-state index in [2.05, 4.69) is 16.8 Å². The molecule has 2 heterocycles. The van der Waals surface area contributed by atoms with Gasteiger partial charge in [0.05, 0.1) is 5.69 Å². The molecule has 0 atom stereocenters. The Morgan fingerprint density at radius 1 is 1.29 bits per heavy atom. The molecule has 1 aliphatic rings. The highest BCUT2D eigenvalue weighted by Gasteiger charge is 2.27. The van der Waals surface area contributed by atoms with Crippen LogP contribution in [0.4, 0.5) is 15.9 Å². The molecule has 0 saturated carbocycles. The number of hydrogen-bond donors (Lipinski definition) is 0. The molecule has 0 radical (unpaired) electrons. The zero-order valence-electron chi connectivity index (χ0n) is 11.8. The fraction of sp³-hybridized carbons (Fsp3) is 0.250. The van der Waals surface area contributed by atoms with Gasteiger partial charge in [-0.05, 0) is 37.3 Å². The summed E-state index contributed by atoms with van der Waals surface area (Å²) < 4.78 is 13.3. The number of rotatable bonds is 2. The summed E-state index contributed by atoms with van der Waals surface area (Å²) in [6.07, 6.45) is 1.72. The number of nitrogens with zero attached hydrogens (tertiary/aromatic N) is 3. The molecule has 1 amide bonds. The Balaban J connectivity index is 1.98. The minimum absolute atomic E-state index is 0.195. The van der Waals surface area contributed by atoms with Gasteiger partial charge in [-0.25, -0.2) is 9.37 Å². The van der Waals surface area contributed by atoms with Gasteiger partial charge in [0, 0.05) is 31.4 Å². The van der Waals surface area contributed by atoms with Gasteiger partial charge >= 0.3 is 0 Å². The first kappa shape index (κ1) is 13.5. The Morgan fingerprint density at radius 3 is 2.90 bits per heavy atom. The van der Waals surface area contributed by atoms with Crippen LogP contribution in [0.3, 0.4) is 0 Å². The minimum Gasteiger partial charge on any atom is -0.353 e. The number of anilines is 2. The monoisotopic (exact) mass is 285 g/mol. The van der Waals surface area contributed by atoms with Crippen molar-refractivity contribution in [3.63, 3.8) is 0 Å². The molecule has 1 aromatic heterocycles. The van der Waals surface area contributed by atoms with E-state index >= 15 is 0 Å². The second-order valence-corrected chi connectivity index (χ2v) is 4.89. The van der Waals surface area contributed by atoms with E-state index < -0.39 is 5.82 Å². The van der Waals surface area contributed by atoms with Gasteiger partial charge in [0.25, 0.3) is 5.91 Å². The van der Waals surface area contributed by atoms with Crippen molar-refractivity contribution < 1.29 is 9.18 Å². The Labute approximate surface area is 122 Å². The Bertz CT molecular complexity index is 674. The fourth-order valence-corrected chi connectivity index (χ4v) is 2.59. The highest BCUT2D eigenvalue weighted by molar-refractivity contribution is 6.08. The van der Waals surface area contributed by atoms with Crippen molar-refractivity contribution in [1.82, 2.24) is 4.98 Å². The first-order valence-corrected chi connectivity index (χ1v) is 6.98. The van der Waals surface area contributed by atoms with Crippen molar-refractivity contribution in [3.05, 3.63) is 54.0 Å². The quantitative estimate of drug-likeness (QED) is 0.851. The van der Waals surface area contributed by atoms with Crippen molar-refractivity contribution in [3.8, 4) is 0 Å². The van der Waals surface area contributed by atoms with Gasteiger partial charge in [0.2, 0.25) is 0 Å². The molecule has 5 heteroatoms. The van der Waals surface area contributed by atoms with Gasteiger partial charge in [-0.3, -0.25) is 4.79 Å². The molecule has 0 spiro atoms. The second kappa shape index (κ2) is 5.52. The van der Waals surface area contributed by atoms with Gasteiger partial charge in [-0.15, -0.1) is 0 Å². The first-order valence-electron chi connectivity index (χ1n) is 6.98. The van der Waals surface area contributed by atoms with Crippen molar-refractivity contribution in [1.29, 1.82) is 0 Å². The lowest BCUT2D eigenvalue weighted by atomic mass is 10.1. The smallest absolute Gasteiger partial charge is 0.258 e. The van der Waals surface area contributed by atoms with Crippen LogP contribution < -0.4 is 9.80 Å². The summed E-state index contributed by atoms with van der Waals surface area (Å²) in [6, 6.07) is 9.47. The number of benzene rings is 1. The zero-order chi connectivity index (χ0) is 14.8. The molecule has 0 aliphatic carbocycles. The maximum absolute atomic E-state index is 13.3. The summed E-state index contributed by atoms with van der Waals surface area (Å²) in [4.78, 5) is 20.8. The van der Waals surface area contributed by atoms with Gasteiger partial charge in [0.1, 0.15) is 5.82 Å². The van der Waals surface area contributed by atoms with Crippen molar-refractivity contribution in [2.24, 2.45) is 0 Å². The molecule has 108 valence electrons. The molecular formula is C16H16FN3O. The third-order valence-corrected chi connectivity index (χ3v) is 3.65. The number of carbonyl (C=O) groups is 1. The number of halogens is 1. The van der Waals surface area contributed by atoms with E-state index in [-0.39, 0.29) is 5.91 Å². The summed E-state index contributed by atoms with van der Waals surface area (Å²) in [5.74, 6) is 0.204. The Morgan fingerprint density at radius 2 is 2.14 bits per heavy atom. The normalized spacial score (nSPS) is 14.0. The number of pyridine rings is 1. The number of amides is 1. The molecule has 1 aliphatic heterocycles. The summed E-state index contributed by atoms with van der Waals surface area (Å²) in [6.45, 7) is 4.19. The summed E-state index contributed by atoms with van der Waals surface area (Å²) in [5, 5.41) is 0. The molecule has 0 saturated heterocycles. The SMILES string of the molecule is CCN1CCN(C(=O)c2cccc(F)c2)c2cccnc21. The molecule has 1 aromatic carbocycles. The lowest BCUT2D eigenvalue weighted by Crippen LogP contribution is -2.44. The highest BCUT2D eigenvalue weighted by Crippen LogP contribution is 2.31. The van der Waals surface area contributed by atoms with E-state index in [1.165, 1.54) is 12.1 Å². The molecule has 0 bridgehead atoms. The third kappa shape index (κ3) is 2.46. The van der Waals surface area contributed by atoms with E-state index in [1.807, 2.05) is 12.1 Å². The van der Waals surface area contributed by atoms with Crippen LogP contribution in [-0.2, 0) is 0 Å². The lowest BCUT2D eigenvalue weighted by Gasteiger charge is -2.36. The van der Waals surface area contributed by atoms with Crippen LogP contribution in [0.1, 0.15) is 17.3 Å². The highest BCUT2D eigenvalue weighted by atomic mass is 19.1. The van der Waals surface area contributed by atoms with Crippen LogP contribution in [0.15, 0.2) is 42.6 Å². The topological polar surface area (TPSA) is 36.4 Å². The molecule has 0 N–H and O–H groups in total. The Hall–Kier alpha value is -2.43. The van der Waals surface area contributed by atoms with Crippen LogP contribution >= 0.6 is 0 Å². The van der Waals surface area contributed by atoms with E-state index in [0.717, 1.165) is 24.6 Å². The molecular weight excluding hydrogens is 269 g/mol. The standard InChI is InChI=1S/C16H16FN3O/c1-2-19-9-10-20(14-7-4-8-18-15(14)19)16(21)12-5-3-6-13(17)11-12/h3-8,11H,2,9-10H2,1H3. The fourth-order valence-electron chi connectivity index (χ4n) is 2.59. The zero-order valence-corrected chi connectivity index (χ0v) is 11.8. The molecule has 0 fully saturated rings. The number of carbonyl (C=O) groups excluding carboxylic acids is 1. The number of fused-ring (bicyclic) bond motifs is 1. The predicted molar refractivity (Wildman–Crippen MR) is 80.2 cm³/mol. The molecule has 2 aromatic rings. The van der Waals surface area contributed by atoms with Crippen molar-refractivity contribution >= 4 is 17.4 Å². The van der Waals surface area contributed by atoms with Crippen LogP contribution in [0.25, 0.3) is 0 Å². The predicted octanol–water partition coefficient (Wildman–Crippen LogP) is 2.71. The van der Waals surface area contributed by atoms with Gasteiger partial charge in [0.15, 0.2) is 5.82 Å². The average molecular weight is 285 g/mol. The molecule has 4 nitrogen and oxygen atoms in total. The lowest BCUT2D eigenvalue weighted by molar-refractivity contribution is 0.0986. The van der Waals surface area contributed by atoms with Crippen LogP contribution in [0, 0.1) is 5.82 Å². The number of hydrogen-bond acceptors (Lipinski definition) is 3.